The number of aromatic amines is 2. The van der Waals surface area contributed by atoms with E-state index >= 15 is 0 Å². The van der Waals surface area contributed by atoms with Crippen LogP contribution in [-0.4, -0.2) is 21.2 Å². The zero-order valence-corrected chi connectivity index (χ0v) is 11.2. The Morgan fingerprint density at radius 2 is 2.00 bits per heavy atom. The first kappa shape index (κ1) is 14.2. The number of hydrogen-bond donors (Lipinski definition) is 2. The van der Waals surface area contributed by atoms with Crippen molar-refractivity contribution in [2.75, 3.05) is 6.67 Å². The SMILES string of the molecule is CCCCc1cc(=O)c2c(=O)[nH]c(=O)[nH]c2n1CCF. The minimum absolute atomic E-state index is 0.00474. The van der Waals surface area contributed by atoms with Gasteiger partial charge in [-0.15, -0.1) is 0 Å². The maximum absolute atomic E-state index is 12.7. The van der Waals surface area contributed by atoms with E-state index in [9.17, 15) is 18.8 Å². The Morgan fingerprint density at radius 3 is 2.65 bits per heavy atom. The van der Waals surface area contributed by atoms with Crippen LogP contribution >= 0.6 is 0 Å². The van der Waals surface area contributed by atoms with Gasteiger partial charge in [-0.1, -0.05) is 13.3 Å². The van der Waals surface area contributed by atoms with E-state index in [4.69, 9.17) is 0 Å². The van der Waals surface area contributed by atoms with Crippen molar-refractivity contribution in [1.29, 1.82) is 0 Å². The average molecular weight is 281 g/mol. The Labute approximate surface area is 113 Å². The maximum atomic E-state index is 12.7. The van der Waals surface area contributed by atoms with Gasteiger partial charge in [0.25, 0.3) is 5.56 Å². The van der Waals surface area contributed by atoms with Gasteiger partial charge in [0.2, 0.25) is 0 Å². The summed E-state index contributed by atoms with van der Waals surface area (Å²) in [6, 6.07) is 1.35. The van der Waals surface area contributed by atoms with E-state index in [0.717, 1.165) is 12.8 Å². The van der Waals surface area contributed by atoms with E-state index in [1.165, 1.54) is 10.6 Å². The third kappa shape index (κ3) is 2.56. The number of alkyl halides is 1. The number of aryl methyl sites for hydroxylation is 2. The van der Waals surface area contributed by atoms with Crippen molar-refractivity contribution in [1.82, 2.24) is 14.5 Å². The minimum Gasteiger partial charge on any atom is -0.328 e. The summed E-state index contributed by atoms with van der Waals surface area (Å²) >= 11 is 0. The monoisotopic (exact) mass is 281 g/mol. The molecule has 0 fully saturated rings. The molecule has 0 bridgehead atoms. The summed E-state index contributed by atoms with van der Waals surface area (Å²) < 4.78 is 14.2. The molecule has 2 aromatic heterocycles. The summed E-state index contributed by atoms with van der Waals surface area (Å²) in [5.41, 5.74) is -1.19. The summed E-state index contributed by atoms with van der Waals surface area (Å²) in [5, 5.41) is -0.140. The molecule has 2 aromatic rings. The van der Waals surface area contributed by atoms with Gasteiger partial charge >= 0.3 is 5.69 Å². The van der Waals surface area contributed by atoms with Crippen molar-refractivity contribution in [3.8, 4) is 0 Å². The molecule has 20 heavy (non-hydrogen) atoms. The highest BCUT2D eigenvalue weighted by Gasteiger charge is 2.13. The molecule has 0 spiro atoms. The van der Waals surface area contributed by atoms with Gasteiger partial charge in [-0.25, -0.2) is 9.18 Å². The number of aromatic nitrogens is 3. The molecular weight excluding hydrogens is 265 g/mol. The molecule has 108 valence electrons. The van der Waals surface area contributed by atoms with Crippen molar-refractivity contribution in [3.63, 3.8) is 0 Å². The molecule has 2 N–H and O–H groups in total. The first-order chi connectivity index (χ1) is 9.58. The summed E-state index contributed by atoms with van der Waals surface area (Å²) in [4.78, 5) is 39.5. The third-order valence-corrected chi connectivity index (χ3v) is 3.18. The number of nitrogens with zero attached hydrogens (tertiary/aromatic N) is 1. The van der Waals surface area contributed by atoms with Crippen molar-refractivity contribution >= 4 is 11.0 Å². The molecule has 0 unspecified atom stereocenters. The van der Waals surface area contributed by atoms with Crippen molar-refractivity contribution in [2.45, 2.75) is 32.7 Å². The number of rotatable bonds is 5. The van der Waals surface area contributed by atoms with Crippen LogP contribution < -0.4 is 16.7 Å². The third-order valence-electron chi connectivity index (χ3n) is 3.18. The predicted octanol–water partition coefficient (Wildman–Crippen LogP) is 0.690. The van der Waals surface area contributed by atoms with Crippen molar-refractivity contribution in [3.05, 3.63) is 42.8 Å². The number of halogens is 1. The lowest BCUT2D eigenvalue weighted by atomic mass is 10.1. The summed E-state index contributed by atoms with van der Waals surface area (Å²) in [5.74, 6) is 0. The molecule has 0 aliphatic rings. The minimum atomic E-state index is -0.747. The molecule has 0 saturated carbocycles. The quantitative estimate of drug-likeness (QED) is 0.845. The predicted molar refractivity (Wildman–Crippen MR) is 74.0 cm³/mol. The Hall–Kier alpha value is -2.18. The van der Waals surface area contributed by atoms with E-state index in [1.807, 2.05) is 11.9 Å². The van der Waals surface area contributed by atoms with Gasteiger partial charge in [0.05, 0.1) is 6.54 Å². The second-order valence-corrected chi connectivity index (χ2v) is 4.58. The lowest BCUT2D eigenvalue weighted by Gasteiger charge is -2.14. The van der Waals surface area contributed by atoms with Crippen LogP contribution in [0.4, 0.5) is 4.39 Å². The van der Waals surface area contributed by atoms with E-state index in [2.05, 4.69) is 4.98 Å². The molecule has 0 aliphatic carbocycles. The fourth-order valence-corrected chi connectivity index (χ4v) is 2.26. The molecule has 0 atom stereocenters. The summed E-state index contributed by atoms with van der Waals surface area (Å²) in [6.07, 6.45) is 2.36. The smallest absolute Gasteiger partial charge is 0.327 e. The van der Waals surface area contributed by atoms with Crippen LogP contribution in [0.15, 0.2) is 20.4 Å². The number of unbranched alkanes of at least 4 members (excludes halogenated alkanes) is 1. The molecule has 2 heterocycles. The molecular formula is C13H16FN3O3. The van der Waals surface area contributed by atoms with Crippen LogP contribution in [0, 0.1) is 0 Å². The van der Waals surface area contributed by atoms with Gasteiger partial charge < -0.3 is 4.57 Å². The highest BCUT2D eigenvalue weighted by molar-refractivity contribution is 5.73. The van der Waals surface area contributed by atoms with Crippen LogP contribution in [-0.2, 0) is 13.0 Å². The molecule has 6 nitrogen and oxygen atoms in total. The lowest BCUT2D eigenvalue weighted by molar-refractivity contribution is 0.442. The van der Waals surface area contributed by atoms with E-state index in [0.29, 0.717) is 12.1 Å². The number of H-pyrrole nitrogens is 2. The first-order valence-electron chi connectivity index (χ1n) is 6.53. The molecule has 0 amide bonds. The fourth-order valence-electron chi connectivity index (χ4n) is 2.26. The van der Waals surface area contributed by atoms with Gasteiger partial charge in [0, 0.05) is 11.8 Å². The van der Waals surface area contributed by atoms with Crippen LogP contribution in [0.1, 0.15) is 25.5 Å². The maximum Gasteiger partial charge on any atom is 0.327 e. The molecule has 0 saturated heterocycles. The standard InChI is InChI=1S/C13H16FN3O3/c1-2-3-4-8-7-9(18)10-11(17(8)6-5-14)15-13(20)16-12(10)19/h7H,2-6H2,1H3,(H2,15,16,19,20). The topological polar surface area (TPSA) is 87.7 Å². The molecule has 2 rings (SSSR count). The number of pyridine rings is 1. The Kier molecular flexibility index (Phi) is 4.16. The molecule has 0 radical (unpaired) electrons. The molecule has 0 aromatic carbocycles. The Bertz CT molecular complexity index is 788. The summed E-state index contributed by atoms with van der Waals surface area (Å²) in [7, 11) is 0. The van der Waals surface area contributed by atoms with Crippen LogP contribution in [0.3, 0.4) is 0 Å². The van der Waals surface area contributed by atoms with E-state index in [-0.39, 0.29) is 17.6 Å². The van der Waals surface area contributed by atoms with Crippen LogP contribution in [0.2, 0.25) is 0 Å². The zero-order valence-electron chi connectivity index (χ0n) is 11.2. The number of fused-ring (bicyclic) bond motifs is 1. The van der Waals surface area contributed by atoms with Gasteiger partial charge in [-0.05, 0) is 12.8 Å². The summed E-state index contributed by atoms with van der Waals surface area (Å²) in [6.45, 7) is 1.35. The molecule has 0 aliphatic heterocycles. The lowest BCUT2D eigenvalue weighted by Crippen LogP contribution is -2.29. The van der Waals surface area contributed by atoms with Crippen LogP contribution in [0.5, 0.6) is 0 Å². The number of nitrogens with one attached hydrogen (secondary N) is 2. The highest BCUT2D eigenvalue weighted by atomic mass is 19.1. The van der Waals surface area contributed by atoms with Gasteiger partial charge in [0.15, 0.2) is 5.43 Å². The zero-order chi connectivity index (χ0) is 14.7. The van der Waals surface area contributed by atoms with Crippen molar-refractivity contribution < 1.29 is 4.39 Å². The second-order valence-electron chi connectivity index (χ2n) is 4.58. The average Bonchev–Trinajstić information content (AvgIpc) is 2.39. The largest absolute Gasteiger partial charge is 0.328 e. The van der Waals surface area contributed by atoms with Gasteiger partial charge in [-0.2, -0.15) is 0 Å². The number of hydrogen-bond acceptors (Lipinski definition) is 3. The van der Waals surface area contributed by atoms with Crippen LogP contribution in [0.25, 0.3) is 11.0 Å². The van der Waals surface area contributed by atoms with Crippen molar-refractivity contribution in [2.24, 2.45) is 0 Å². The van der Waals surface area contributed by atoms with E-state index < -0.39 is 23.4 Å². The first-order valence-corrected chi connectivity index (χ1v) is 6.53. The normalized spacial score (nSPS) is 11.1. The molecule has 7 heteroatoms. The van der Waals surface area contributed by atoms with Gasteiger partial charge in [0.1, 0.15) is 17.7 Å². The Morgan fingerprint density at radius 1 is 1.25 bits per heavy atom. The van der Waals surface area contributed by atoms with E-state index in [1.54, 1.807) is 0 Å². The Balaban J connectivity index is 2.82. The second kappa shape index (κ2) is 5.85. The van der Waals surface area contributed by atoms with Gasteiger partial charge in [-0.3, -0.25) is 19.6 Å². The fraction of sp³-hybridized carbons (Fsp3) is 0.462. The highest BCUT2D eigenvalue weighted by Crippen LogP contribution is 2.10.